The number of fused-ring (bicyclic) bond motifs is 1. The largest absolute Gasteiger partial charge is 0.399 e. The van der Waals surface area contributed by atoms with Gasteiger partial charge in [-0.1, -0.05) is 20.8 Å². The molecule has 0 aliphatic carbocycles. The Bertz CT molecular complexity index is 593. The quantitative estimate of drug-likeness (QED) is 0.742. The molecule has 1 aromatic carbocycles. The summed E-state index contributed by atoms with van der Waals surface area (Å²) in [7, 11) is 0. The number of aromatic amines is 1. The lowest BCUT2D eigenvalue weighted by molar-refractivity contribution is 0.0951. The molecule has 0 saturated heterocycles. The summed E-state index contributed by atoms with van der Waals surface area (Å²) in [5.74, 6) is -0.0545. The molecule has 102 valence electrons. The molecule has 0 unspecified atom stereocenters. The molecule has 4 N–H and O–H groups in total. The minimum absolute atomic E-state index is 0.0545. The van der Waals surface area contributed by atoms with Gasteiger partial charge in [0.1, 0.15) is 0 Å². The number of carbonyl (C=O) groups is 1. The van der Waals surface area contributed by atoms with E-state index in [1.165, 1.54) is 0 Å². The van der Waals surface area contributed by atoms with Gasteiger partial charge in [-0.15, -0.1) is 0 Å². The molecule has 0 aliphatic heterocycles. The first-order valence-electron chi connectivity index (χ1n) is 6.52. The number of benzene rings is 1. The maximum absolute atomic E-state index is 12.1. The van der Waals surface area contributed by atoms with E-state index in [2.05, 4.69) is 31.1 Å². The van der Waals surface area contributed by atoms with Crippen molar-refractivity contribution in [2.45, 2.75) is 27.2 Å². The number of anilines is 1. The number of amides is 1. The van der Waals surface area contributed by atoms with E-state index < -0.39 is 0 Å². The molecule has 2 aromatic rings. The number of H-pyrrole nitrogens is 1. The summed E-state index contributed by atoms with van der Waals surface area (Å²) in [5.41, 5.74) is 8.22. The van der Waals surface area contributed by atoms with E-state index >= 15 is 0 Å². The second-order valence-electron chi connectivity index (χ2n) is 6.07. The number of hydrogen-bond acceptors (Lipinski definition) is 2. The van der Waals surface area contributed by atoms with Crippen molar-refractivity contribution in [3.63, 3.8) is 0 Å². The predicted molar refractivity (Wildman–Crippen MR) is 79.1 cm³/mol. The molecule has 0 saturated carbocycles. The van der Waals surface area contributed by atoms with E-state index in [0.29, 0.717) is 17.8 Å². The fourth-order valence-corrected chi connectivity index (χ4v) is 1.97. The van der Waals surface area contributed by atoms with Gasteiger partial charge in [0.2, 0.25) is 0 Å². The Kier molecular flexibility index (Phi) is 3.51. The molecular formula is C15H21N3O. The van der Waals surface area contributed by atoms with Crippen molar-refractivity contribution < 1.29 is 4.79 Å². The van der Waals surface area contributed by atoms with Crippen LogP contribution in [0.3, 0.4) is 0 Å². The Morgan fingerprint density at radius 2 is 2.11 bits per heavy atom. The normalized spacial score (nSPS) is 11.7. The number of nitrogens with one attached hydrogen (secondary N) is 2. The summed E-state index contributed by atoms with van der Waals surface area (Å²) in [6, 6.07) is 5.53. The van der Waals surface area contributed by atoms with E-state index in [1.54, 1.807) is 6.20 Å². The molecule has 19 heavy (non-hydrogen) atoms. The van der Waals surface area contributed by atoms with Crippen LogP contribution in [0.1, 0.15) is 37.6 Å². The third-order valence-electron chi connectivity index (χ3n) is 3.11. The van der Waals surface area contributed by atoms with Crippen molar-refractivity contribution in [1.82, 2.24) is 10.3 Å². The lowest BCUT2D eigenvalue weighted by atomic mass is 9.92. The van der Waals surface area contributed by atoms with Gasteiger partial charge in [0, 0.05) is 29.3 Å². The van der Waals surface area contributed by atoms with Gasteiger partial charge < -0.3 is 16.0 Å². The summed E-state index contributed by atoms with van der Waals surface area (Å²) in [5, 5.41) is 3.82. The Balaban J connectivity index is 2.11. The molecule has 4 nitrogen and oxygen atoms in total. The van der Waals surface area contributed by atoms with E-state index in [9.17, 15) is 4.79 Å². The number of nitrogens with two attached hydrogens (primary N) is 1. The highest BCUT2D eigenvalue weighted by Gasteiger charge is 2.14. The fraction of sp³-hybridized carbons (Fsp3) is 0.400. The summed E-state index contributed by atoms with van der Waals surface area (Å²) in [6.07, 6.45) is 2.68. The molecule has 0 atom stereocenters. The molecule has 0 aliphatic rings. The minimum atomic E-state index is -0.0545. The zero-order valence-corrected chi connectivity index (χ0v) is 11.7. The molecule has 2 rings (SSSR count). The lowest BCUT2D eigenvalue weighted by Crippen LogP contribution is -2.27. The zero-order valence-electron chi connectivity index (χ0n) is 11.7. The van der Waals surface area contributed by atoms with Gasteiger partial charge in [0.15, 0.2) is 0 Å². The van der Waals surface area contributed by atoms with E-state index in [0.717, 1.165) is 17.3 Å². The SMILES string of the molecule is CC(C)(C)CCNC(=O)c1c[nH]c2ccc(N)cc12. The smallest absolute Gasteiger partial charge is 0.253 e. The van der Waals surface area contributed by atoms with Crippen LogP contribution in [-0.2, 0) is 0 Å². The maximum Gasteiger partial charge on any atom is 0.253 e. The summed E-state index contributed by atoms with van der Waals surface area (Å²) >= 11 is 0. The molecule has 0 fully saturated rings. The highest BCUT2D eigenvalue weighted by atomic mass is 16.1. The van der Waals surface area contributed by atoms with Crippen molar-refractivity contribution in [2.24, 2.45) is 5.41 Å². The van der Waals surface area contributed by atoms with Crippen LogP contribution in [0, 0.1) is 5.41 Å². The second kappa shape index (κ2) is 4.96. The first-order valence-corrected chi connectivity index (χ1v) is 6.52. The molecule has 4 heteroatoms. The van der Waals surface area contributed by atoms with Gasteiger partial charge in [-0.2, -0.15) is 0 Å². The molecule has 1 amide bonds. The lowest BCUT2D eigenvalue weighted by Gasteiger charge is -2.17. The minimum Gasteiger partial charge on any atom is -0.399 e. The second-order valence-corrected chi connectivity index (χ2v) is 6.07. The van der Waals surface area contributed by atoms with Crippen LogP contribution >= 0.6 is 0 Å². The van der Waals surface area contributed by atoms with Crippen LogP contribution in [0.15, 0.2) is 24.4 Å². The van der Waals surface area contributed by atoms with Crippen LogP contribution in [0.4, 0.5) is 5.69 Å². The predicted octanol–water partition coefficient (Wildman–Crippen LogP) is 2.92. The monoisotopic (exact) mass is 259 g/mol. The number of aromatic nitrogens is 1. The highest BCUT2D eigenvalue weighted by Crippen LogP contribution is 2.21. The van der Waals surface area contributed by atoms with Gasteiger partial charge in [-0.25, -0.2) is 0 Å². The molecule has 0 bridgehead atoms. The topological polar surface area (TPSA) is 70.9 Å². The van der Waals surface area contributed by atoms with Crippen molar-refractivity contribution in [3.8, 4) is 0 Å². The van der Waals surface area contributed by atoms with E-state index in [4.69, 9.17) is 5.73 Å². The highest BCUT2D eigenvalue weighted by molar-refractivity contribution is 6.07. The van der Waals surface area contributed by atoms with Gasteiger partial charge in [0.05, 0.1) is 5.56 Å². The molecule has 0 spiro atoms. The Morgan fingerprint density at radius 3 is 2.79 bits per heavy atom. The number of carbonyl (C=O) groups excluding carboxylic acids is 1. The Labute approximate surface area is 113 Å². The molecular weight excluding hydrogens is 238 g/mol. The van der Waals surface area contributed by atoms with Gasteiger partial charge >= 0.3 is 0 Å². The van der Waals surface area contributed by atoms with Crippen molar-refractivity contribution in [1.29, 1.82) is 0 Å². The first-order chi connectivity index (χ1) is 8.87. The van der Waals surface area contributed by atoms with Gasteiger partial charge in [0.25, 0.3) is 5.91 Å². The van der Waals surface area contributed by atoms with E-state index in [-0.39, 0.29) is 11.3 Å². The number of nitrogen functional groups attached to an aromatic ring is 1. The van der Waals surface area contributed by atoms with Gasteiger partial charge in [-0.3, -0.25) is 4.79 Å². The third kappa shape index (κ3) is 3.28. The van der Waals surface area contributed by atoms with Crippen molar-refractivity contribution in [2.75, 3.05) is 12.3 Å². The molecule has 1 heterocycles. The summed E-state index contributed by atoms with van der Waals surface area (Å²) in [6.45, 7) is 7.15. The number of hydrogen-bond donors (Lipinski definition) is 3. The summed E-state index contributed by atoms with van der Waals surface area (Å²) < 4.78 is 0. The van der Waals surface area contributed by atoms with Crippen molar-refractivity contribution >= 4 is 22.5 Å². The van der Waals surface area contributed by atoms with Crippen LogP contribution in [0.2, 0.25) is 0 Å². The van der Waals surface area contributed by atoms with Crippen LogP contribution in [0.25, 0.3) is 10.9 Å². The Morgan fingerprint density at radius 1 is 1.37 bits per heavy atom. The van der Waals surface area contributed by atoms with Crippen LogP contribution in [0.5, 0.6) is 0 Å². The van der Waals surface area contributed by atoms with Crippen LogP contribution in [-0.4, -0.2) is 17.4 Å². The standard InChI is InChI=1S/C15H21N3O/c1-15(2,3)6-7-17-14(19)12-9-18-13-5-4-10(16)8-11(12)13/h4-5,8-9,18H,6-7,16H2,1-3H3,(H,17,19). The Hall–Kier alpha value is -1.97. The van der Waals surface area contributed by atoms with Gasteiger partial charge in [-0.05, 0) is 30.0 Å². The van der Waals surface area contributed by atoms with Crippen molar-refractivity contribution in [3.05, 3.63) is 30.0 Å². The third-order valence-corrected chi connectivity index (χ3v) is 3.11. The van der Waals surface area contributed by atoms with E-state index in [1.807, 2.05) is 18.2 Å². The molecule has 1 aromatic heterocycles. The summed E-state index contributed by atoms with van der Waals surface area (Å²) in [4.78, 5) is 15.2. The average molecular weight is 259 g/mol. The van der Waals surface area contributed by atoms with Crippen LogP contribution < -0.4 is 11.1 Å². The first kappa shape index (κ1) is 13.5. The zero-order chi connectivity index (χ0) is 14.0. The fourth-order valence-electron chi connectivity index (χ4n) is 1.97. The molecule has 0 radical (unpaired) electrons. The number of rotatable bonds is 3. The maximum atomic E-state index is 12.1. The average Bonchev–Trinajstić information content (AvgIpc) is 2.69.